The number of nitrogens with two attached hydrogens (primary N) is 1. The quantitative estimate of drug-likeness (QED) is 0.845. The first-order chi connectivity index (χ1) is 11.7. The minimum atomic E-state index is 0.265. The molecule has 3 aliphatic rings. The van der Waals surface area contributed by atoms with E-state index >= 15 is 0 Å². The summed E-state index contributed by atoms with van der Waals surface area (Å²) in [6.45, 7) is 2.97. The summed E-state index contributed by atoms with van der Waals surface area (Å²) in [7, 11) is 0. The van der Waals surface area contributed by atoms with E-state index < -0.39 is 0 Å². The van der Waals surface area contributed by atoms with Gasteiger partial charge in [0, 0.05) is 36.2 Å². The Kier molecular flexibility index (Phi) is 4.59. The summed E-state index contributed by atoms with van der Waals surface area (Å²) < 4.78 is 11.1. The second-order valence-corrected chi connectivity index (χ2v) is 8.04. The monoisotopic (exact) mass is 348 g/mol. The number of nitrogens with zero attached hydrogens (tertiary/aromatic N) is 1. The Morgan fingerprint density at radius 3 is 2.88 bits per heavy atom. The number of likely N-dealkylation sites (tertiary alicyclic amines) is 1. The third-order valence-corrected chi connectivity index (χ3v) is 6.36. The largest absolute Gasteiger partial charge is 0.486 e. The van der Waals surface area contributed by atoms with E-state index in [-0.39, 0.29) is 5.91 Å². The summed E-state index contributed by atoms with van der Waals surface area (Å²) in [6, 6.07) is 6.27. The number of hydrogen-bond donors (Lipinski definition) is 1. The Morgan fingerprint density at radius 1 is 1.21 bits per heavy atom. The third-order valence-electron chi connectivity index (χ3n) is 5.36. The highest BCUT2D eigenvalue weighted by Gasteiger charge is 2.42. The third kappa shape index (κ3) is 3.22. The van der Waals surface area contributed by atoms with E-state index in [4.69, 9.17) is 15.2 Å². The molecule has 130 valence electrons. The molecule has 1 aliphatic carbocycles. The summed E-state index contributed by atoms with van der Waals surface area (Å²) in [5.74, 6) is 3.83. The predicted molar refractivity (Wildman–Crippen MR) is 93.5 cm³/mol. The molecule has 24 heavy (non-hydrogen) atoms. The van der Waals surface area contributed by atoms with Crippen molar-refractivity contribution in [1.82, 2.24) is 4.90 Å². The van der Waals surface area contributed by atoms with Crippen molar-refractivity contribution in [3.05, 3.63) is 18.2 Å². The molecule has 3 atom stereocenters. The molecule has 1 amide bonds. The number of fused-ring (bicyclic) bond motifs is 2. The van der Waals surface area contributed by atoms with Gasteiger partial charge < -0.3 is 20.1 Å². The maximum absolute atomic E-state index is 12.4. The van der Waals surface area contributed by atoms with Gasteiger partial charge in [-0.1, -0.05) is 0 Å². The summed E-state index contributed by atoms with van der Waals surface area (Å²) in [6.07, 6.45) is 2.88. The number of hydrogen-bond acceptors (Lipinski definition) is 5. The maximum atomic E-state index is 12.4. The van der Waals surface area contributed by atoms with Crippen molar-refractivity contribution in [3.63, 3.8) is 0 Å². The van der Waals surface area contributed by atoms with Crippen LogP contribution in [0.3, 0.4) is 0 Å². The highest BCUT2D eigenvalue weighted by atomic mass is 32.2. The normalized spacial score (nSPS) is 28.0. The Balaban J connectivity index is 1.26. The van der Waals surface area contributed by atoms with Gasteiger partial charge in [0.15, 0.2) is 11.5 Å². The molecule has 4 rings (SSSR count). The van der Waals surface area contributed by atoms with Gasteiger partial charge in [-0.3, -0.25) is 4.79 Å². The van der Waals surface area contributed by atoms with Crippen LogP contribution in [0.4, 0.5) is 0 Å². The summed E-state index contributed by atoms with van der Waals surface area (Å²) >= 11 is 1.69. The SMILES string of the molecule is NC1CCC2CN(C(=O)CCSc3ccc4c(c3)OCCO4)CC12. The summed E-state index contributed by atoms with van der Waals surface area (Å²) in [5.41, 5.74) is 6.15. The van der Waals surface area contributed by atoms with Gasteiger partial charge in [-0.2, -0.15) is 0 Å². The Morgan fingerprint density at radius 2 is 2.04 bits per heavy atom. The maximum Gasteiger partial charge on any atom is 0.223 e. The first-order valence-electron chi connectivity index (χ1n) is 8.76. The van der Waals surface area contributed by atoms with Crippen LogP contribution in [0.15, 0.2) is 23.1 Å². The first-order valence-corrected chi connectivity index (χ1v) is 9.75. The van der Waals surface area contributed by atoms with Crippen molar-refractivity contribution in [2.75, 3.05) is 32.1 Å². The van der Waals surface area contributed by atoms with E-state index in [1.165, 1.54) is 6.42 Å². The van der Waals surface area contributed by atoms with Gasteiger partial charge in [0.1, 0.15) is 13.2 Å². The van der Waals surface area contributed by atoms with Crippen molar-refractivity contribution in [1.29, 1.82) is 0 Å². The standard InChI is InChI=1S/C18H24N2O3S/c19-15-3-1-12-10-20(11-14(12)15)18(21)5-8-24-13-2-4-16-17(9-13)23-7-6-22-16/h2,4,9,12,14-15H,1,3,5-8,10-11,19H2. The average Bonchev–Trinajstić information content (AvgIpc) is 3.17. The molecule has 2 N–H and O–H groups in total. The number of benzene rings is 1. The van der Waals surface area contributed by atoms with Crippen molar-refractivity contribution < 1.29 is 14.3 Å². The number of carbonyl (C=O) groups excluding carboxylic acids is 1. The molecular weight excluding hydrogens is 324 g/mol. The molecular formula is C18H24N2O3S. The number of amides is 1. The zero-order valence-electron chi connectivity index (χ0n) is 13.8. The molecule has 1 aromatic carbocycles. The van der Waals surface area contributed by atoms with E-state index in [9.17, 15) is 4.79 Å². The lowest BCUT2D eigenvalue weighted by molar-refractivity contribution is -0.130. The van der Waals surface area contributed by atoms with Crippen LogP contribution in [-0.2, 0) is 4.79 Å². The van der Waals surface area contributed by atoms with Crippen LogP contribution in [0.2, 0.25) is 0 Å². The van der Waals surface area contributed by atoms with Gasteiger partial charge in [0.25, 0.3) is 0 Å². The molecule has 1 saturated heterocycles. The number of ether oxygens (including phenoxy) is 2. The van der Waals surface area contributed by atoms with Crippen LogP contribution in [-0.4, -0.2) is 48.9 Å². The molecule has 2 aliphatic heterocycles. The molecule has 0 radical (unpaired) electrons. The average molecular weight is 348 g/mol. The summed E-state index contributed by atoms with van der Waals surface area (Å²) in [5, 5.41) is 0. The molecule has 3 unspecified atom stereocenters. The van der Waals surface area contributed by atoms with Crippen molar-refractivity contribution in [2.45, 2.75) is 30.2 Å². The second kappa shape index (κ2) is 6.84. The van der Waals surface area contributed by atoms with Crippen LogP contribution in [0.25, 0.3) is 0 Å². The van der Waals surface area contributed by atoms with Crippen LogP contribution < -0.4 is 15.2 Å². The zero-order chi connectivity index (χ0) is 16.5. The van der Waals surface area contributed by atoms with Crippen LogP contribution in [0, 0.1) is 11.8 Å². The van der Waals surface area contributed by atoms with E-state index in [1.54, 1.807) is 11.8 Å². The van der Waals surface area contributed by atoms with Crippen LogP contribution in [0.5, 0.6) is 11.5 Å². The molecule has 0 bridgehead atoms. The van der Waals surface area contributed by atoms with Gasteiger partial charge >= 0.3 is 0 Å². The van der Waals surface area contributed by atoms with E-state index in [2.05, 4.69) is 0 Å². The van der Waals surface area contributed by atoms with Gasteiger partial charge in [-0.05, 0) is 42.9 Å². The van der Waals surface area contributed by atoms with Crippen LogP contribution in [0.1, 0.15) is 19.3 Å². The number of rotatable bonds is 4. The van der Waals surface area contributed by atoms with Gasteiger partial charge in [0.05, 0.1) is 0 Å². The second-order valence-electron chi connectivity index (χ2n) is 6.87. The molecule has 1 saturated carbocycles. The molecule has 2 heterocycles. The van der Waals surface area contributed by atoms with Crippen molar-refractivity contribution in [3.8, 4) is 11.5 Å². The van der Waals surface area contributed by atoms with E-state index in [0.29, 0.717) is 37.5 Å². The Hall–Kier alpha value is -1.40. The molecule has 6 heteroatoms. The summed E-state index contributed by atoms with van der Waals surface area (Å²) in [4.78, 5) is 15.6. The van der Waals surface area contributed by atoms with Crippen LogP contribution >= 0.6 is 11.8 Å². The number of carbonyl (C=O) groups is 1. The highest BCUT2D eigenvalue weighted by molar-refractivity contribution is 7.99. The smallest absolute Gasteiger partial charge is 0.223 e. The Bertz CT molecular complexity index is 624. The van der Waals surface area contributed by atoms with E-state index in [0.717, 1.165) is 41.7 Å². The fourth-order valence-corrected chi connectivity index (χ4v) is 4.91. The van der Waals surface area contributed by atoms with Crippen molar-refractivity contribution >= 4 is 17.7 Å². The lowest BCUT2D eigenvalue weighted by Crippen LogP contribution is -2.33. The van der Waals surface area contributed by atoms with E-state index in [1.807, 2.05) is 23.1 Å². The van der Waals surface area contributed by atoms with Gasteiger partial charge in [-0.25, -0.2) is 0 Å². The molecule has 2 fully saturated rings. The molecule has 5 nitrogen and oxygen atoms in total. The topological polar surface area (TPSA) is 64.8 Å². The fraction of sp³-hybridized carbons (Fsp3) is 0.611. The number of thioether (sulfide) groups is 1. The molecule has 1 aromatic rings. The molecule has 0 aromatic heterocycles. The zero-order valence-corrected chi connectivity index (χ0v) is 14.6. The van der Waals surface area contributed by atoms with Gasteiger partial charge in [0.2, 0.25) is 5.91 Å². The lowest BCUT2D eigenvalue weighted by Gasteiger charge is -2.19. The highest BCUT2D eigenvalue weighted by Crippen LogP contribution is 2.38. The minimum Gasteiger partial charge on any atom is -0.486 e. The lowest BCUT2D eigenvalue weighted by atomic mass is 9.98. The fourth-order valence-electron chi connectivity index (χ4n) is 4.04. The predicted octanol–water partition coefficient (Wildman–Crippen LogP) is 2.14. The molecule has 0 spiro atoms. The first kappa shape index (κ1) is 16.1. The van der Waals surface area contributed by atoms with Crippen molar-refractivity contribution in [2.24, 2.45) is 17.6 Å². The Labute approximate surface area is 146 Å². The minimum absolute atomic E-state index is 0.265. The van der Waals surface area contributed by atoms with Gasteiger partial charge in [-0.15, -0.1) is 11.8 Å².